The average Bonchev–Trinajstić information content (AvgIpc) is 3.24. The number of amides is 2. The molecular formula is C17H19FN2O2S. The monoisotopic (exact) mass is 334 g/mol. The molecule has 3 N–H and O–H groups in total. The molecule has 0 radical (unpaired) electrons. The predicted molar refractivity (Wildman–Crippen MR) is 87.7 cm³/mol. The highest BCUT2D eigenvalue weighted by Gasteiger charge is 2.33. The van der Waals surface area contributed by atoms with Gasteiger partial charge >= 0.3 is 6.03 Å². The summed E-state index contributed by atoms with van der Waals surface area (Å²) in [6.45, 7) is 0.156. The molecule has 0 saturated heterocycles. The van der Waals surface area contributed by atoms with Crippen molar-refractivity contribution < 1.29 is 14.3 Å². The van der Waals surface area contributed by atoms with E-state index in [4.69, 9.17) is 0 Å². The second-order valence-electron chi connectivity index (χ2n) is 5.79. The van der Waals surface area contributed by atoms with Crippen LogP contribution in [0.4, 0.5) is 9.18 Å². The number of urea groups is 1. The summed E-state index contributed by atoms with van der Waals surface area (Å²) in [5, 5.41) is 19.4. The summed E-state index contributed by atoms with van der Waals surface area (Å²) in [7, 11) is 0. The van der Waals surface area contributed by atoms with E-state index in [0.717, 1.165) is 24.0 Å². The van der Waals surface area contributed by atoms with E-state index in [9.17, 15) is 14.3 Å². The molecule has 1 aliphatic rings. The molecular weight excluding hydrogens is 315 g/mol. The number of carbonyl (C=O) groups is 1. The first-order valence-electron chi connectivity index (χ1n) is 7.63. The van der Waals surface area contributed by atoms with Gasteiger partial charge in [0.15, 0.2) is 0 Å². The van der Waals surface area contributed by atoms with Gasteiger partial charge in [0.05, 0.1) is 12.1 Å². The van der Waals surface area contributed by atoms with Gasteiger partial charge in [-0.2, -0.15) is 11.3 Å². The van der Waals surface area contributed by atoms with E-state index >= 15 is 0 Å². The third-order valence-electron chi connectivity index (χ3n) is 3.99. The van der Waals surface area contributed by atoms with Crippen molar-refractivity contribution in [3.63, 3.8) is 0 Å². The summed E-state index contributed by atoms with van der Waals surface area (Å²) >= 11 is 1.50. The van der Waals surface area contributed by atoms with Crippen LogP contribution >= 0.6 is 11.3 Å². The molecule has 0 aliphatic heterocycles. The number of aliphatic hydroxyl groups excluding tert-OH is 1. The van der Waals surface area contributed by atoms with E-state index in [1.807, 2.05) is 16.8 Å². The van der Waals surface area contributed by atoms with Crippen LogP contribution in [0.2, 0.25) is 0 Å². The first-order chi connectivity index (χ1) is 11.1. The van der Waals surface area contributed by atoms with Crippen LogP contribution < -0.4 is 10.6 Å². The van der Waals surface area contributed by atoms with Crippen LogP contribution in [0.1, 0.15) is 36.1 Å². The van der Waals surface area contributed by atoms with Crippen LogP contribution in [0.3, 0.4) is 0 Å². The van der Waals surface area contributed by atoms with Gasteiger partial charge in [-0.05, 0) is 58.8 Å². The van der Waals surface area contributed by atoms with Crippen molar-refractivity contribution in [2.45, 2.75) is 25.0 Å². The van der Waals surface area contributed by atoms with Crippen LogP contribution in [-0.2, 0) is 0 Å². The van der Waals surface area contributed by atoms with Crippen molar-refractivity contribution in [2.24, 2.45) is 5.92 Å². The van der Waals surface area contributed by atoms with E-state index in [0.29, 0.717) is 5.92 Å². The third kappa shape index (κ3) is 4.30. The Morgan fingerprint density at radius 2 is 2.00 bits per heavy atom. The molecule has 0 spiro atoms. The quantitative estimate of drug-likeness (QED) is 0.758. The molecule has 2 amide bonds. The van der Waals surface area contributed by atoms with Gasteiger partial charge < -0.3 is 15.7 Å². The van der Waals surface area contributed by atoms with Gasteiger partial charge in [-0.25, -0.2) is 9.18 Å². The number of rotatable bonds is 6. The van der Waals surface area contributed by atoms with Crippen molar-refractivity contribution >= 4 is 17.4 Å². The topological polar surface area (TPSA) is 61.4 Å². The lowest BCUT2D eigenvalue weighted by atomic mass is 10.0. The zero-order valence-electron chi connectivity index (χ0n) is 12.5. The second kappa shape index (κ2) is 7.10. The van der Waals surface area contributed by atoms with Gasteiger partial charge in [-0.3, -0.25) is 0 Å². The Labute approximate surface area is 138 Å². The smallest absolute Gasteiger partial charge is 0.315 e. The Hall–Kier alpha value is -1.92. The zero-order valence-corrected chi connectivity index (χ0v) is 13.4. The summed E-state index contributed by atoms with van der Waals surface area (Å²) in [5.41, 5.74) is 1.70. The van der Waals surface area contributed by atoms with Crippen molar-refractivity contribution in [1.29, 1.82) is 0 Å². The van der Waals surface area contributed by atoms with E-state index in [-0.39, 0.29) is 24.4 Å². The van der Waals surface area contributed by atoms with Gasteiger partial charge in [-0.15, -0.1) is 0 Å². The van der Waals surface area contributed by atoms with Crippen LogP contribution in [-0.4, -0.2) is 17.7 Å². The van der Waals surface area contributed by atoms with E-state index in [1.165, 1.54) is 23.5 Å². The molecule has 1 aliphatic carbocycles. The number of carbonyl (C=O) groups excluding carboxylic acids is 1. The van der Waals surface area contributed by atoms with Crippen molar-refractivity contribution in [3.8, 4) is 0 Å². The standard InChI is InChI=1S/C17H19FN2O2S/c18-14-5-3-12(4-6-14)16(11-1-2-11)20-17(22)19-9-15(21)13-7-8-23-10-13/h3-8,10-11,15-16,21H,1-2,9H2,(H2,19,20,22). The van der Waals surface area contributed by atoms with E-state index < -0.39 is 6.10 Å². The Morgan fingerprint density at radius 1 is 1.26 bits per heavy atom. The van der Waals surface area contributed by atoms with Gasteiger partial charge in [-0.1, -0.05) is 12.1 Å². The Morgan fingerprint density at radius 3 is 2.61 bits per heavy atom. The lowest BCUT2D eigenvalue weighted by Crippen LogP contribution is -2.40. The van der Waals surface area contributed by atoms with Crippen LogP contribution in [0.25, 0.3) is 0 Å². The van der Waals surface area contributed by atoms with Crippen molar-refractivity contribution in [3.05, 3.63) is 58.0 Å². The number of halogens is 1. The number of benzene rings is 1. The summed E-state index contributed by atoms with van der Waals surface area (Å²) < 4.78 is 13.0. The molecule has 122 valence electrons. The molecule has 1 saturated carbocycles. The Kier molecular flexibility index (Phi) is 4.93. The van der Waals surface area contributed by atoms with Gasteiger partial charge in [0.2, 0.25) is 0 Å². The normalized spacial score (nSPS) is 16.6. The number of hydrogen-bond acceptors (Lipinski definition) is 3. The Balaban J connectivity index is 1.55. The minimum atomic E-state index is -0.711. The molecule has 1 aromatic carbocycles. The molecule has 0 bridgehead atoms. The van der Waals surface area contributed by atoms with Crippen molar-refractivity contribution in [2.75, 3.05) is 6.54 Å². The fourth-order valence-corrected chi connectivity index (χ4v) is 3.24. The average molecular weight is 334 g/mol. The molecule has 2 atom stereocenters. The van der Waals surface area contributed by atoms with Gasteiger partial charge in [0, 0.05) is 6.54 Å². The summed E-state index contributed by atoms with van der Waals surface area (Å²) in [5.74, 6) is 0.111. The highest BCUT2D eigenvalue weighted by Crippen LogP contribution is 2.40. The zero-order chi connectivity index (χ0) is 16.2. The fourth-order valence-electron chi connectivity index (χ4n) is 2.54. The highest BCUT2D eigenvalue weighted by molar-refractivity contribution is 7.07. The third-order valence-corrected chi connectivity index (χ3v) is 4.69. The van der Waals surface area contributed by atoms with Gasteiger partial charge in [0.25, 0.3) is 0 Å². The second-order valence-corrected chi connectivity index (χ2v) is 6.57. The number of aliphatic hydroxyl groups is 1. The predicted octanol–water partition coefficient (Wildman–Crippen LogP) is 3.37. The molecule has 4 nitrogen and oxygen atoms in total. The number of nitrogens with one attached hydrogen (secondary N) is 2. The number of hydrogen-bond donors (Lipinski definition) is 3. The van der Waals surface area contributed by atoms with Crippen LogP contribution in [0, 0.1) is 11.7 Å². The lowest BCUT2D eigenvalue weighted by molar-refractivity contribution is 0.172. The largest absolute Gasteiger partial charge is 0.387 e. The fraction of sp³-hybridized carbons (Fsp3) is 0.353. The first kappa shape index (κ1) is 16.0. The molecule has 6 heteroatoms. The molecule has 2 unspecified atom stereocenters. The maximum Gasteiger partial charge on any atom is 0.315 e. The summed E-state index contributed by atoms with van der Waals surface area (Å²) in [6.07, 6.45) is 1.40. The minimum absolute atomic E-state index is 0.117. The van der Waals surface area contributed by atoms with E-state index in [2.05, 4.69) is 10.6 Å². The Bertz CT molecular complexity index is 641. The highest BCUT2D eigenvalue weighted by atomic mass is 32.1. The first-order valence-corrected chi connectivity index (χ1v) is 8.58. The molecule has 1 fully saturated rings. The minimum Gasteiger partial charge on any atom is -0.387 e. The van der Waals surface area contributed by atoms with Gasteiger partial charge in [0.1, 0.15) is 5.82 Å². The maximum atomic E-state index is 13.0. The molecule has 1 aromatic heterocycles. The maximum absolute atomic E-state index is 13.0. The van der Waals surface area contributed by atoms with Crippen LogP contribution in [0.5, 0.6) is 0 Å². The molecule has 1 heterocycles. The van der Waals surface area contributed by atoms with E-state index in [1.54, 1.807) is 12.1 Å². The summed E-state index contributed by atoms with van der Waals surface area (Å²) in [6, 6.07) is 7.63. The molecule has 3 rings (SSSR count). The summed E-state index contributed by atoms with van der Waals surface area (Å²) in [4.78, 5) is 12.1. The lowest BCUT2D eigenvalue weighted by Gasteiger charge is -2.20. The molecule has 2 aromatic rings. The number of thiophene rings is 1. The van der Waals surface area contributed by atoms with Crippen molar-refractivity contribution in [1.82, 2.24) is 10.6 Å². The SMILES string of the molecule is O=C(NCC(O)c1ccsc1)NC(c1ccc(F)cc1)C1CC1. The van der Waals surface area contributed by atoms with Crippen LogP contribution in [0.15, 0.2) is 41.1 Å². The molecule has 23 heavy (non-hydrogen) atoms.